The number of benzene rings is 2. The summed E-state index contributed by atoms with van der Waals surface area (Å²) in [5.41, 5.74) is 14.0. The molecule has 0 radical (unpaired) electrons. The second-order valence-electron chi connectivity index (χ2n) is 13.2. The maximum atomic E-state index is 2.46. The van der Waals surface area contributed by atoms with Crippen LogP contribution in [0.15, 0.2) is 97.3 Å². The lowest BCUT2D eigenvalue weighted by atomic mass is 10.0. The second kappa shape index (κ2) is 12.2. The van der Waals surface area contributed by atoms with Crippen molar-refractivity contribution < 1.29 is 9.13 Å². The van der Waals surface area contributed by atoms with Gasteiger partial charge < -0.3 is 9.13 Å². The topological polar surface area (TPSA) is 17.6 Å². The SMILES string of the molecule is Cc1c(CCCCCCc2c(C)n(C=C3CC[n+]4ccccc43)c3ccccc23)c2ccccc2n1C=C1CC[n+]2ccccc21. The van der Waals surface area contributed by atoms with Crippen LogP contribution >= 0.6 is 0 Å². The van der Waals surface area contributed by atoms with Crippen molar-refractivity contribution in [3.8, 4) is 0 Å². The highest BCUT2D eigenvalue weighted by molar-refractivity contribution is 5.90. The molecule has 0 bridgehead atoms. The molecular formula is C42H44N4+2. The molecule has 6 heterocycles. The van der Waals surface area contributed by atoms with E-state index in [1.807, 2.05) is 0 Å². The van der Waals surface area contributed by atoms with Crippen LogP contribution in [0.2, 0.25) is 0 Å². The van der Waals surface area contributed by atoms with Crippen LogP contribution in [0, 0.1) is 13.8 Å². The molecule has 0 spiro atoms. The van der Waals surface area contributed by atoms with Gasteiger partial charge in [0, 0.05) is 82.8 Å². The number of para-hydroxylation sites is 2. The molecule has 0 atom stereocenters. The van der Waals surface area contributed by atoms with E-state index in [1.54, 1.807) is 0 Å². The Labute approximate surface area is 272 Å². The van der Waals surface area contributed by atoms with Gasteiger partial charge >= 0.3 is 0 Å². The smallest absolute Gasteiger partial charge is 0.210 e. The van der Waals surface area contributed by atoms with E-state index >= 15 is 0 Å². The zero-order valence-corrected chi connectivity index (χ0v) is 27.3. The van der Waals surface area contributed by atoms with E-state index in [4.69, 9.17) is 0 Å². The molecular weight excluding hydrogens is 560 g/mol. The number of hydrogen-bond donors (Lipinski definition) is 0. The zero-order chi connectivity index (χ0) is 31.0. The molecule has 8 rings (SSSR count). The van der Waals surface area contributed by atoms with E-state index in [-0.39, 0.29) is 0 Å². The van der Waals surface area contributed by atoms with Gasteiger partial charge in [0.2, 0.25) is 11.4 Å². The lowest BCUT2D eigenvalue weighted by Gasteiger charge is -2.06. The van der Waals surface area contributed by atoms with Crippen molar-refractivity contribution in [1.29, 1.82) is 0 Å². The van der Waals surface area contributed by atoms with Crippen LogP contribution in [-0.2, 0) is 25.9 Å². The van der Waals surface area contributed by atoms with Gasteiger partial charge in [-0.2, -0.15) is 9.13 Å². The van der Waals surface area contributed by atoms with Gasteiger partial charge in [-0.3, -0.25) is 0 Å². The number of aromatic nitrogens is 4. The molecule has 0 saturated heterocycles. The zero-order valence-electron chi connectivity index (χ0n) is 27.3. The summed E-state index contributed by atoms with van der Waals surface area (Å²) in [6.45, 7) is 6.77. The Morgan fingerprint density at radius 1 is 0.543 bits per heavy atom. The number of allylic oxidation sites excluding steroid dienone is 2. The molecule has 0 saturated carbocycles. The number of aryl methyl sites for hydroxylation is 4. The molecule has 230 valence electrons. The number of rotatable bonds is 9. The first kappa shape index (κ1) is 28.8. The predicted octanol–water partition coefficient (Wildman–Crippen LogP) is 8.94. The molecule has 4 nitrogen and oxygen atoms in total. The fourth-order valence-electron chi connectivity index (χ4n) is 8.08. The van der Waals surface area contributed by atoms with Crippen LogP contribution in [0.1, 0.15) is 72.4 Å². The summed E-state index contributed by atoms with van der Waals surface area (Å²) in [5.74, 6) is 0. The third-order valence-corrected chi connectivity index (χ3v) is 10.5. The largest absolute Gasteiger partial charge is 0.320 e. The molecule has 0 amide bonds. The molecule has 0 N–H and O–H groups in total. The summed E-state index contributed by atoms with van der Waals surface area (Å²) in [6, 6.07) is 31.1. The van der Waals surface area contributed by atoms with Gasteiger partial charge in [-0.25, -0.2) is 0 Å². The van der Waals surface area contributed by atoms with Crippen LogP contribution in [-0.4, -0.2) is 9.13 Å². The summed E-state index contributed by atoms with van der Waals surface area (Å²) in [7, 11) is 0. The fraction of sp³-hybridized carbons (Fsp3) is 0.286. The Morgan fingerprint density at radius 2 is 0.978 bits per heavy atom. The summed E-state index contributed by atoms with van der Waals surface area (Å²) in [4.78, 5) is 0. The average Bonchev–Trinajstić information content (AvgIpc) is 3.83. The van der Waals surface area contributed by atoms with Gasteiger partial charge in [0.1, 0.15) is 0 Å². The molecule has 2 aliphatic rings. The number of nitrogens with zero attached hydrogens (tertiary/aromatic N) is 4. The highest BCUT2D eigenvalue weighted by Crippen LogP contribution is 2.33. The summed E-state index contributed by atoms with van der Waals surface area (Å²) in [5, 5.41) is 2.83. The van der Waals surface area contributed by atoms with Gasteiger partial charge in [0.05, 0.1) is 11.0 Å². The summed E-state index contributed by atoms with van der Waals surface area (Å²) >= 11 is 0. The molecule has 4 heteroatoms. The quantitative estimate of drug-likeness (QED) is 0.116. The maximum Gasteiger partial charge on any atom is 0.210 e. The van der Waals surface area contributed by atoms with E-state index < -0.39 is 0 Å². The highest BCUT2D eigenvalue weighted by atomic mass is 15.0. The maximum absolute atomic E-state index is 2.46. The van der Waals surface area contributed by atoms with Crippen molar-refractivity contribution >= 4 is 45.4 Å². The first-order chi connectivity index (χ1) is 22.7. The van der Waals surface area contributed by atoms with Crippen LogP contribution < -0.4 is 9.13 Å². The molecule has 4 aromatic heterocycles. The predicted molar refractivity (Wildman–Crippen MR) is 190 cm³/mol. The monoisotopic (exact) mass is 604 g/mol. The van der Waals surface area contributed by atoms with Gasteiger partial charge in [0.25, 0.3) is 0 Å². The number of unbranched alkanes of at least 4 members (excludes halogenated alkanes) is 3. The first-order valence-electron chi connectivity index (χ1n) is 17.2. The van der Waals surface area contributed by atoms with E-state index in [1.165, 1.54) is 92.5 Å². The standard InChI is InChI=1S/C42H44N4/c1-31-35(37-17-7-9-21-41(37)45(31)29-33-23-27-43-25-13-11-19-39(33)43)15-5-3-4-6-16-36-32(2)46(42-22-10-8-18-38(36)42)30-34-24-28-44-26-14-12-20-40(34)44/h7-14,17-22,25-26,29-30H,3-6,15-16,23-24,27-28H2,1-2H3/q+2. The molecule has 0 fully saturated rings. The highest BCUT2D eigenvalue weighted by Gasteiger charge is 2.25. The molecule has 2 aromatic carbocycles. The normalized spacial score (nSPS) is 15.9. The van der Waals surface area contributed by atoms with E-state index in [0.29, 0.717) is 0 Å². The van der Waals surface area contributed by atoms with Crippen LogP contribution in [0.25, 0.3) is 45.4 Å². The van der Waals surface area contributed by atoms with Crippen molar-refractivity contribution in [3.05, 3.63) is 131 Å². The van der Waals surface area contributed by atoms with Crippen molar-refractivity contribution in [2.24, 2.45) is 0 Å². The van der Waals surface area contributed by atoms with Crippen LogP contribution in [0.3, 0.4) is 0 Å². The number of hydrogen-bond acceptors (Lipinski definition) is 0. The Balaban J connectivity index is 0.953. The second-order valence-corrected chi connectivity index (χ2v) is 13.2. The van der Waals surface area contributed by atoms with Gasteiger partial charge in [0.15, 0.2) is 25.5 Å². The lowest BCUT2D eigenvalue weighted by Crippen LogP contribution is -2.31. The Bertz CT molecular complexity index is 1980. The van der Waals surface area contributed by atoms with Crippen LogP contribution in [0.5, 0.6) is 0 Å². The van der Waals surface area contributed by atoms with Crippen molar-refractivity contribution in [2.75, 3.05) is 0 Å². The molecule has 0 unspecified atom stereocenters. The Kier molecular flexibility index (Phi) is 7.65. The molecule has 0 aliphatic carbocycles. The number of pyridine rings is 2. The minimum Gasteiger partial charge on any atom is -0.320 e. The van der Waals surface area contributed by atoms with Gasteiger partial charge in [-0.05, 0) is 74.9 Å². The lowest BCUT2D eigenvalue weighted by molar-refractivity contribution is -0.689. The average molecular weight is 605 g/mol. The van der Waals surface area contributed by atoms with E-state index in [0.717, 1.165) is 38.8 Å². The molecule has 46 heavy (non-hydrogen) atoms. The fourth-order valence-corrected chi connectivity index (χ4v) is 8.08. The molecule has 6 aromatic rings. The van der Waals surface area contributed by atoms with Gasteiger partial charge in [-0.1, -0.05) is 49.2 Å². The Morgan fingerprint density at radius 3 is 1.46 bits per heavy atom. The minimum atomic E-state index is 1.07. The summed E-state index contributed by atoms with van der Waals surface area (Å²) in [6.07, 6.45) is 18.7. The minimum absolute atomic E-state index is 1.07. The van der Waals surface area contributed by atoms with Crippen molar-refractivity contribution in [3.63, 3.8) is 0 Å². The van der Waals surface area contributed by atoms with Crippen molar-refractivity contribution in [1.82, 2.24) is 9.13 Å². The van der Waals surface area contributed by atoms with Gasteiger partial charge in [-0.15, -0.1) is 0 Å². The third kappa shape index (κ3) is 5.10. The van der Waals surface area contributed by atoms with Crippen molar-refractivity contribution in [2.45, 2.75) is 78.3 Å². The summed E-state index contributed by atoms with van der Waals surface area (Å²) < 4.78 is 9.66. The number of fused-ring (bicyclic) bond motifs is 4. The Hall–Kier alpha value is -4.70. The van der Waals surface area contributed by atoms with E-state index in [2.05, 4.69) is 142 Å². The van der Waals surface area contributed by atoms with Crippen LogP contribution in [0.4, 0.5) is 0 Å². The first-order valence-corrected chi connectivity index (χ1v) is 17.2. The third-order valence-electron chi connectivity index (χ3n) is 10.5. The van der Waals surface area contributed by atoms with E-state index in [9.17, 15) is 0 Å². The molecule has 2 aliphatic heterocycles.